The summed E-state index contributed by atoms with van der Waals surface area (Å²) in [5.41, 5.74) is 0.432. The number of aryl methyl sites for hydroxylation is 1. The molecular weight excluding hydrogens is 300 g/mol. The molecule has 0 N–H and O–H groups in total. The number of nitrogens with zero attached hydrogens (tertiary/aromatic N) is 3. The second kappa shape index (κ2) is 4.89. The summed E-state index contributed by atoms with van der Waals surface area (Å²) in [6, 6.07) is 3.21. The molecule has 0 aliphatic heterocycles. The first-order valence-electron chi connectivity index (χ1n) is 5.93. The Morgan fingerprint density at radius 1 is 1.24 bits per heavy atom. The van der Waals surface area contributed by atoms with Crippen LogP contribution in [-0.4, -0.2) is 20.3 Å². The summed E-state index contributed by atoms with van der Waals surface area (Å²) in [7, 11) is 1.60. The van der Waals surface area contributed by atoms with Crippen molar-refractivity contribution >= 4 is 28.3 Å². The van der Waals surface area contributed by atoms with Crippen molar-refractivity contribution in [3.05, 3.63) is 58.8 Å². The minimum Gasteiger partial charge on any atom is -0.350 e. The standard InChI is InChI=1S/C14H8ClF2N3O/c1-20-5-8(13-9(17)2-7(16)3-11(13)20)14(21)10-4-12(15)19-6-18-10/h2-6H,1H3. The first-order valence-corrected chi connectivity index (χ1v) is 6.31. The number of carbonyl (C=O) groups is 1. The average Bonchev–Trinajstić information content (AvgIpc) is 2.75. The van der Waals surface area contributed by atoms with Crippen LogP contribution in [0.1, 0.15) is 16.1 Å². The van der Waals surface area contributed by atoms with Gasteiger partial charge in [0, 0.05) is 30.8 Å². The van der Waals surface area contributed by atoms with Gasteiger partial charge in [0.2, 0.25) is 5.78 Å². The Hall–Kier alpha value is -2.34. The highest BCUT2D eigenvalue weighted by atomic mass is 35.5. The number of hydrogen-bond donors (Lipinski definition) is 0. The van der Waals surface area contributed by atoms with Gasteiger partial charge in [-0.15, -0.1) is 0 Å². The van der Waals surface area contributed by atoms with E-state index in [1.807, 2.05) is 0 Å². The Labute approximate surface area is 123 Å². The Kier molecular flexibility index (Phi) is 3.17. The molecule has 0 aliphatic carbocycles. The number of carbonyl (C=O) groups excluding carboxylic acids is 1. The number of ketones is 1. The predicted octanol–water partition coefficient (Wildman–Crippen LogP) is 3.13. The van der Waals surface area contributed by atoms with Crippen molar-refractivity contribution in [2.75, 3.05) is 0 Å². The quantitative estimate of drug-likeness (QED) is 0.540. The van der Waals surface area contributed by atoms with Crippen LogP contribution in [0.25, 0.3) is 10.9 Å². The summed E-state index contributed by atoms with van der Waals surface area (Å²) in [6.07, 6.45) is 2.59. The molecule has 4 nitrogen and oxygen atoms in total. The SMILES string of the molecule is Cn1cc(C(=O)c2cc(Cl)ncn2)c2c(F)cc(F)cc21. The number of hydrogen-bond acceptors (Lipinski definition) is 3. The van der Waals surface area contributed by atoms with Crippen molar-refractivity contribution in [1.82, 2.24) is 14.5 Å². The van der Waals surface area contributed by atoms with Crippen LogP contribution in [0.2, 0.25) is 5.15 Å². The van der Waals surface area contributed by atoms with Crippen molar-refractivity contribution in [2.45, 2.75) is 0 Å². The molecule has 0 saturated heterocycles. The lowest BCUT2D eigenvalue weighted by Crippen LogP contribution is -2.04. The summed E-state index contributed by atoms with van der Waals surface area (Å²) in [6.45, 7) is 0. The Bertz CT molecular complexity index is 876. The van der Waals surface area contributed by atoms with Gasteiger partial charge in [-0.25, -0.2) is 18.7 Å². The summed E-state index contributed by atoms with van der Waals surface area (Å²) in [5, 5.41) is 0.165. The fourth-order valence-electron chi connectivity index (χ4n) is 2.20. The highest BCUT2D eigenvalue weighted by molar-refractivity contribution is 6.30. The van der Waals surface area contributed by atoms with E-state index >= 15 is 0 Å². The lowest BCUT2D eigenvalue weighted by atomic mass is 10.1. The maximum Gasteiger partial charge on any atom is 0.213 e. The van der Waals surface area contributed by atoms with Gasteiger partial charge in [-0.3, -0.25) is 4.79 Å². The van der Waals surface area contributed by atoms with Crippen LogP contribution in [0.5, 0.6) is 0 Å². The van der Waals surface area contributed by atoms with Gasteiger partial charge in [-0.2, -0.15) is 0 Å². The Morgan fingerprint density at radius 2 is 2.00 bits per heavy atom. The molecule has 0 radical (unpaired) electrons. The van der Waals surface area contributed by atoms with Crippen LogP contribution in [0, 0.1) is 11.6 Å². The van der Waals surface area contributed by atoms with Crippen molar-refractivity contribution in [2.24, 2.45) is 7.05 Å². The minimum absolute atomic E-state index is 0.0474. The summed E-state index contributed by atoms with van der Waals surface area (Å²) in [5.74, 6) is -2.00. The molecule has 0 saturated carbocycles. The third-order valence-electron chi connectivity index (χ3n) is 3.12. The third-order valence-corrected chi connectivity index (χ3v) is 3.32. The molecule has 0 bridgehead atoms. The molecule has 0 spiro atoms. The average molecular weight is 308 g/mol. The first kappa shape index (κ1) is 13.6. The van der Waals surface area contributed by atoms with Gasteiger partial charge in [0.25, 0.3) is 0 Å². The van der Waals surface area contributed by atoms with Crippen LogP contribution in [0.15, 0.2) is 30.7 Å². The largest absolute Gasteiger partial charge is 0.350 e. The molecule has 0 unspecified atom stereocenters. The zero-order valence-corrected chi connectivity index (χ0v) is 11.5. The zero-order chi connectivity index (χ0) is 15.1. The molecule has 7 heteroatoms. The molecule has 2 aromatic heterocycles. The molecule has 1 aromatic carbocycles. The van der Waals surface area contributed by atoms with Crippen molar-refractivity contribution in [3.63, 3.8) is 0 Å². The van der Waals surface area contributed by atoms with Crippen LogP contribution in [0.3, 0.4) is 0 Å². The van der Waals surface area contributed by atoms with Gasteiger partial charge in [-0.1, -0.05) is 11.6 Å². The number of halogens is 3. The molecule has 0 atom stereocenters. The zero-order valence-electron chi connectivity index (χ0n) is 10.8. The van der Waals surface area contributed by atoms with E-state index in [1.54, 1.807) is 7.05 Å². The lowest BCUT2D eigenvalue weighted by molar-refractivity contribution is 0.103. The number of fused-ring (bicyclic) bond motifs is 1. The van der Waals surface area contributed by atoms with Crippen LogP contribution in [-0.2, 0) is 7.05 Å². The van der Waals surface area contributed by atoms with Gasteiger partial charge in [0.1, 0.15) is 28.8 Å². The van der Waals surface area contributed by atoms with Crippen molar-refractivity contribution < 1.29 is 13.6 Å². The third kappa shape index (κ3) is 2.27. The number of benzene rings is 1. The summed E-state index contributed by atoms with van der Waals surface area (Å²) >= 11 is 5.72. The topological polar surface area (TPSA) is 47.8 Å². The monoisotopic (exact) mass is 307 g/mol. The van der Waals surface area contributed by atoms with Gasteiger partial charge in [-0.05, 0) is 6.07 Å². The highest BCUT2D eigenvalue weighted by Gasteiger charge is 2.20. The van der Waals surface area contributed by atoms with Crippen molar-refractivity contribution in [1.29, 1.82) is 0 Å². The van der Waals surface area contributed by atoms with Gasteiger partial charge in [0.05, 0.1) is 11.1 Å². The van der Waals surface area contributed by atoms with E-state index in [2.05, 4.69) is 9.97 Å². The summed E-state index contributed by atoms with van der Waals surface area (Å²) < 4.78 is 28.8. The van der Waals surface area contributed by atoms with E-state index in [0.717, 1.165) is 12.4 Å². The minimum atomic E-state index is -0.797. The number of rotatable bonds is 2. The van der Waals surface area contributed by atoms with E-state index in [1.165, 1.54) is 22.9 Å². The fourth-order valence-corrected chi connectivity index (χ4v) is 2.35. The smallest absolute Gasteiger partial charge is 0.213 e. The predicted molar refractivity (Wildman–Crippen MR) is 73.3 cm³/mol. The van der Waals surface area contributed by atoms with E-state index in [4.69, 9.17) is 11.6 Å². The van der Waals surface area contributed by atoms with E-state index in [9.17, 15) is 13.6 Å². The molecule has 0 amide bonds. The first-order chi connectivity index (χ1) is 9.97. The molecular formula is C14H8ClF2N3O. The van der Waals surface area contributed by atoms with Crippen LogP contribution >= 0.6 is 11.6 Å². The second-order valence-corrected chi connectivity index (χ2v) is 4.88. The molecule has 3 aromatic rings. The van der Waals surface area contributed by atoms with E-state index < -0.39 is 17.4 Å². The Morgan fingerprint density at radius 3 is 2.71 bits per heavy atom. The molecule has 21 heavy (non-hydrogen) atoms. The molecule has 2 heterocycles. The summed E-state index contributed by atoms with van der Waals surface area (Å²) in [4.78, 5) is 20.0. The molecule has 106 valence electrons. The highest BCUT2D eigenvalue weighted by Crippen LogP contribution is 2.26. The van der Waals surface area contributed by atoms with E-state index in [0.29, 0.717) is 0 Å². The van der Waals surface area contributed by atoms with Crippen molar-refractivity contribution in [3.8, 4) is 0 Å². The molecule has 3 rings (SSSR count). The number of aromatic nitrogens is 3. The van der Waals surface area contributed by atoms with Gasteiger partial charge >= 0.3 is 0 Å². The fraction of sp³-hybridized carbons (Fsp3) is 0.0714. The maximum atomic E-state index is 14.0. The van der Waals surface area contributed by atoms with Gasteiger partial charge in [0.15, 0.2) is 0 Å². The van der Waals surface area contributed by atoms with Crippen LogP contribution < -0.4 is 0 Å². The molecule has 0 fully saturated rings. The van der Waals surface area contributed by atoms with Gasteiger partial charge < -0.3 is 4.57 Å². The molecule has 0 aliphatic rings. The Balaban J connectivity index is 2.24. The lowest BCUT2D eigenvalue weighted by Gasteiger charge is -2.00. The van der Waals surface area contributed by atoms with Crippen LogP contribution in [0.4, 0.5) is 8.78 Å². The van der Waals surface area contributed by atoms with E-state index in [-0.39, 0.29) is 27.3 Å². The second-order valence-electron chi connectivity index (χ2n) is 4.49. The maximum absolute atomic E-state index is 14.0. The normalized spacial score (nSPS) is 11.0.